The third-order valence-corrected chi connectivity index (χ3v) is 6.78. The van der Waals surface area contributed by atoms with Crippen LogP contribution in [0.1, 0.15) is 45.4 Å². The van der Waals surface area contributed by atoms with Gasteiger partial charge in [-0.1, -0.05) is 17.8 Å². The second kappa shape index (κ2) is 5.55. The Hall–Kier alpha value is -1.03. The molecule has 1 atom stereocenters. The largest absolute Gasteiger partial charge is 0.350 e. The summed E-state index contributed by atoms with van der Waals surface area (Å²) in [5.74, 6) is 2.79. The van der Waals surface area contributed by atoms with Crippen LogP contribution in [0.2, 0.25) is 0 Å². The van der Waals surface area contributed by atoms with Crippen molar-refractivity contribution in [2.24, 2.45) is 17.8 Å². The van der Waals surface area contributed by atoms with Crippen LogP contribution in [0.4, 0.5) is 0 Å². The average molecular weight is 316 g/mol. The number of carbonyl (C=O) groups excluding carboxylic acids is 1. The lowest BCUT2D eigenvalue weighted by molar-refractivity contribution is -0.126. The van der Waals surface area contributed by atoms with Crippen LogP contribution in [0.25, 0.3) is 0 Å². The molecule has 4 bridgehead atoms. The van der Waals surface area contributed by atoms with Crippen molar-refractivity contribution >= 4 is 17.7 Å². The van der Waals surface area contributed by atoms with Crippen molar-refractivity contribution in [3.63, 3.8) is 0 Å². The lowest BCUT2D eigenvalue weighted by Gasteiger charge is -2.57. The van der Waals surface area contributed by atoms with Crippen LogP contribution >= 0.6 is 11.8 Å². The second-order valence-electron chi connectivity index (χ2n) is 7.62. The Morgan fingerprint density at radius 3 is 2.41 bits per heavy atom. The Kier molecular flexibility index (Phi) is 3.67. The first-order chi connectivity index (χ1) is 10.6. The van der Waals surface area contributed by atoms with Crippen LogP contribution in [-0.4, -0.2) is 21.7 Å². The topological polar surface area (TPSA) is 42.0 Å². The van der Waals surface area contributed by atoms with E-state index in [1.807, 2.05) is 25.1 Å². The van der Waals surface area contributed by atoms with Crippen molar-refractivity contribution < 1.29 is 4.79 Å². The molecule has 5 rings (SSSR count). The van der Waals surface area contributed by atoms with Gasteiger partial charge in [0.1, 0.15) is 0 Å². The Balaban J connectivity index is 1.41. The molecule has 1 amide bonds. The van der Waals surface area contributed by atoms with Crippen LogP contribution in [0, 0.1) is 17.8 Å². The van der Waals surface area contributed by atoms with Gasteiger partial charge in [0.2, 0.25) is 5.91 Å². The van der Waals surface area contributed by atoms with Crippen molar-refractivity contribution in [3.05, 3.63) is 24.4 Å². The first-order valence-electron chi connectivity index (χ1n) is 8.52. The van der Waals surface area contributed by atoms with E-state index < -0.39 is 0 Å². The summed E-state index contributed by atoms with van der Waals surface area (Å²) in [6.07, 6.45) is 9.66. The molecule has 4 saturated carbocycles. The zero-order valence-corrected chi connectivity index (χ0v) is 13.9. The summed E-state index contributed by atoms with van der Waals surface area (Å²) in [5, 5.41) is 4.30. The van der Waals surface area contributed by atoms with Crippen LogP contribution in [-0.2, 0) is 4.79 Å². The molecule has 0 aliphatic heterocycles. The molecule has 0 radical (unpaired) electrons. The highest BCUT2D eigenvalue weighted by atomic mass is 32.2. The molecule has 3 nitrogen and oxygen atoms in total. The highest BCUT2D eigenvalue weighted by Gasteiger charge is 2.51. The summed E-state index contributed by atoms with van der Waals surface area (Å²) in [7, 11) is 0. The SMILES string of the molecule is C[C@H](Sc1ccccn1)C(=O)NC12CC3CC(CC(C3)C1)C2. The third kappa shape index (κ3) is 2.78. The maximum atomic E-state index is 12.7. The van der Waals surface area contributed by atoms with E-state index in [1.54, 1.807) is 18.0 Å². The molecular formula is C18H24N2OS. The Labute approximate surface area is 136 Å². The van der Waals surface area contributed by atoms with Gasteiger partial charge in [0.25, 0.3) is 0 Å². The monoisotopic (exact) mass is 316 g/mol. The minimum absolute atomic E-state index is 0.0806. The molecule has 4 heteroatoms. The standard InChI is InChI=1S/C18H24N2OS/c1-12(22-16-4-2-3-5-19-16)17(21)20-18-9-13-6-14(10-18)8-15(7-13)11-18/h2-5,12-15H,6-11H2,1H3,(H,20,21)/t12-,13?,14?,15?,18?/m0/s1. The zero-order valence-electron chi connectivity index (χ0n) is 13.1. The van der Waals surface area contributed by atoms with E-state index in [1.165, 1.54) is 38.5 Å². The van der Waals surface area contributed by atoms with Crippen LogP contribution in [0.3, 0.4) is 0 Å². The lowest BCUT2D eigenvalue weighted by atomic mass is 9.53. The number of hydrogen-bond donors (Lipinski definition) is 1. The predicted molar refractivity (Wildman–Crippen MR) is 88.6 cm³/mol. The van der Waals surface area contributed by atoms with E-state index in [2.05, 4.69) is 10.3 Å². The van der Waals surface area contributed by atoms with Gasteiger partial charge in [-0.25, -0.2) is 4.98 Å². The van der Waals surface area contributed by atoms with E-state index >= 15 is 0 Å². The number of thioether (sulfide) groups is 1. The van der Waals surface area contributed by atoms with Crippen LogP contribution < -0.4 is 5.32 Å². The third-order valence-electron chi connectivity index (χ3n) is 5.73. The normalized spacial score (nSPS) is 37.0. The van der Waals surface area contributed by atoms with Crippen LogP contribution in [0.15, 0.2) is 29.4 Å². The summed E-state index contributed by atoms with van der Waals surface area (Å²) in [6, 6.07) is 5.85. The average Bonchev–Trinajstić information content (AvgIpc) is 2.46. The molecule has 1 aromatic rings. The Morgan fingerprint density at radius 1 is 1.23 bits per heavy atom. The maximum absolute atomic E-state index is 12.7. The lowest BCUT2D eigenvalue weighted by Crippen LogP contribution is -2.60. The van der Waals surface area contributed by atoms with Crippen molar-refractivity contribution in [1.82, 2.24) is 10.3 Å². The van der Waals surface area contributed by atoms with Gasteiger partial charge >= 0.3 is 0 Å². The predicted octanol–water partition coefficient (Wildman–Crippen LogP) is 3.65. The number of nitrogens with one attached hydrogen (secondary N) is 1. The number of rotatable bonds is 4. The minimum Gasteiger partial charge on any atom is -0.350 e. The Bertz CT molecular complexity index is 524. The molecule has 1 N–H and O–H groups in total. The smallest absolute Gasteiger partial charge is 0.233 e. The van der Waals surface area contributed by atoms with Gasteiger partial charge in [-0.05, 0) is 75.3 Å². The molecule has 0 saturated heterocycles. The zero-order chi connectivity index (χ0) is 15.2. The Morgan fingerprint density at radius 2 is 1.86 bits per heavy atom. The molecular weight excluding hydrogens is 292 g/mol. The van der Waals surface area contributed by atoms with Crippen molar-refractivity contribution in [2.75, 3.05) is 0 Å². The molecule has 118 valence electrons. The molecule has 1 aromatic heterocycles. The molecule has 0 spiro atoms. The van der Waals surface area contributed by atoms with Gasteiger partial charge in [-0.15, -0.1) is 0 Å². The first kappa shape index (κ1) is 14.6. The van der Waals surface area contributed by atoms with Crippen molar-refractivity contribution in [2.45, 2.75) is 61.3 Å². The van der Waals surface area contributed by atoms with Gasteiger partial charge in [-0.3, -0.25) is 4.79 Å². The van der Waals surface area contributed by atoms with Crippen LogP contribution in [0.5, 0.6) is 0 Å². The van der Waals surface area contributed by atoms with E-state index in [9.17, 15) is 4.79 Å². The van der Waals surface area contributed by atoms with Crippen molar-refractivity contribution in [3.8, 4) is 0 Å². The summed E-state index contributed by atoms with van der Waals surface area (Å²) in [5.41, 5.74) is 0.116. The fourth-order valence-corrected chi connectivity index (χ4v) is 6.09. The molecule has 22 heavy (non-hydrogen) atoms. The first-order valence-corrected chi connectivity index (χ1v) is 9.40. The highest BCUT2D eigenvalue weighted by Crippen LogP contribution is 2.55. The van der Waals surface area contributed by atoms with E-state index in [0.717, 1.165) is 22.8 Å². The van der Waals surface area contributed by atoms with E-state index in [4.69, 9.17) is 0 Å². The number of nitrogens with zero attached hydrogens (tertiary/aromatic N) is 1. The fraction of sp³-hybridized carbons (Fsp3) is 0.667. The van der Waals surface area contributed by atoms with Crippen molar-refractivity contribution in [1.29, 1.82) is 0 Å². The molecule has 4 aliphatic carbocycles. The van der Waals surface area contributed by atoms with Gasteiger partial charge < -0.3 is 5.32 Å². The number of aromatic nitrogens is 1. The quantitative estimate of drug-likeness (QED) is 0.862. The van der Waals surface area contributed by atoms with Gasteiger partial charge in [0.05, 0.1) is 10.3 Å². The highest BCUT2D eigenvalue weighted by molar-refractivity contribution is 8.00. The molecule has 1 heterocycles. The number of pyridine rings is 1. The second-order valence-corrected chi connectivity index (χ2v) is 8.98. The van der Waals surface area contributed by atoms with Gasteiger partial charge in [-0.2, -0.15) is 0 Å². The summed E-state index contributed by atoms with van der Waals surface area (Å²) in [4.78, 5) is 17.0. The van der Waals surface area contributed by atoms with E-state index in [0.29, 0.717) is 0 Å². The number of hydrogen-bond acceptors (Lipinski definition) is 3. The molecule has 4 aliphatic rings. The molecule has 0 unspecified atom stereocenters. The van der Waals surface area contributed by atoms with Gasteiger partial charge in [0.15, 0.2) is 0 Å². The summed E-state index contributed by atoms with van der Waals surface area (Å²) < 4.78 is 0. The maximum Gasteiger partial charge on any atom is 0.233 e. The minimum atomic E-state index is -0.0806. The fourth-order valence-electron chi connectivity index (χ4n) is 5.28. The number of carbonyl (C=O) groups is 1. The van der Waals surface area contributed by atoms with Gasteiger partial charge in [0, 0.05) is 11.7 Å². The summed E-state index contributed by atoms with van der Waals surface area (Å²) >= 11 is 1.56. The number of amides is 1. The molecule has 0 aromatic carbocycles. The summed E-state index contributed by atoms with van der Waals surface area (Å²) in [6.45, 7) is 2.00. The molecule has 4 fully saturated rings. The van der Waals surface area contributed by atoms with E-state index in [-0.39, 0.29) is 16.7 Å².